The second kappa shape index (κ2) is 9.89. The summed E-state index contributed by atoms with van der Waals surface area (Å²) in [7, 11) is 1.49. The van der Waals surface area contributed by atoms with E-state index in [9.17, 15) is 13.6 Å². The highest BCUT2D eigenvalue weighted by molar-refractivity contribution is 7.15. The number of amides is 1. The average Bonchev–Trinajstić information content (AvgIpc) is 3.15. The number of hydrogen-bond donors (Lipinski definition) is 3. The van der Waals surface area contributed by atoms with Crippen molar-refractivity contribution in [3.05, 3.63) is 64.8 Å². The zero-order valence-electron chi connectivity index (χ0n) is 15.5. The molecule has 3 rings (SSSR count). The number of carbonyl (C=O) groups is 1. The van der Waals surface area contributed by atoms with Gasteiger partial charge in [-0.3, -0.25) is 4.79 Å². The predicted molar refractivity (Wildman–Crippen MR) is 108 cm³/mol. The lowest BCUT2D eigenvalue weighted by molar-refractivity contribution is 0.0933. The number of halogens is 2. The van der Waals surface area contributed by atoms with Gasteiger partial charge in [0.05, 0.1) is 24.4 Å². The van der Waals surface area contributed by atoms with E-state index in [-0.39, 0.29) is 24.3 Å². The molecule has 0 radical (unpaired) electrons. The molecular formula is C19H19F2N5O2S. The van der Waals surface area contributed by atoms with Gasteiger partial charge in [-0.15, -0.1) is 0 Å². The molecule has 2 heterocycles. The Balaban J connectivity index is 1.64. The van der Waals surface area contributed by atoms with Gasteiger partial charge in [-0.2, -0.15) is 0 Å². The molecule has 0 aliphatic heterocycles. The van der Waals surface area contributed by atoms with Crippen molar-refractivity contribution in [1.29, 1.82) is 0 Å². The van der Waals surface area contributed by atoms with Crippen LogP contribution in [-0.4, -0.2) is 36.1 Å². The van der Waals surface area contributed by atoms with Crippen molar-refractivity contribution in [3.8, 4) is 0 Å². The molecule has 3 aromatic rings. The van der Waals surface area contributed by atoms with Gasteiger partial charge in [-0.25, -0.2) is 18.7 Å². The summed E-state index contributed by atoms with van der Waals surface area (Å²) in [5.41, 5.74) is -0.220. The second-order valence-electron chi connectivity index (χ2n) is 5.89. The van der Waals surface area contributed by atoms with Crippen LogP contribution in [0.25, 0.3) is 0 Å². The fourth-order valence-corrected chi connectivity index (χ4v) is 3.16. The smallest absolute Gasteiger partial charge is 0.254 e. The van der Waals surface area contributed by atoms with E-state index in [0.717, 1.165) is 10.9 Å². The first-order chi connectivity index (χ1) is 14.1. The van der Waals surface area contributed by atoms with Gasteiger partial charge < -0.3 is 20.7 Å². The molecule has 0 aliphatic carbocycles. The van der Waals surface area contributed by atoms with E-state index in [2.05, 4.69) is 25.9 Å². The fourth-order valence-electron chi connectivity index (χ4n) is 2.40. The molecule has 0 aliphatic rings. The number of thiazole rings is 1. The van der Waals surface area contributed by atoms with Crippen molar-refractivity contribution < 1.29 is 18.3 Å². The summed E-state index contributed by atoms with van der Waals surface area (Å²) in [5, 5.41) is 9.10. The summed E-state index contributed by atoms with van der Waals surface area (Å²) in [6.07, 6.45) is 3.31. The minimum atomic E-state index is -0.928. The Kier molecular flexibility index (Phi) is 7.04. The molecule has 10 heteroatoms. The molecular weight excluding hydrogens is 400 g/mol. The number of aromatic nitrogens is 2. The number of carbonyl (C=O) groups excluding carboxylic acids is 1. The molecule has 1 aromatic carbocycles. The molecule has 7 nitrogen and oxygen atoms in total. The molecule has 0 spiro atoms. The van der Waals surface area contributed by atoms with Crippen LogP contribution in [0.3, 0.4) is 0 Å². The van der Waals surface area contributed by atoms with Crippen LogP contribution in [0.5, 0.6) is 0 Å². The van der Waals surface area contributed by atoms with E-state index in [4.69, 9.17) is 4.74 Å². The first-order valence-electron chi connectivity index (χ1n) is 8.69. The third-order valence-corrected chi connectivity index (χ3v) is 4.71. The largest absolute Gasteiger partial charge is 0.383 e. The Morgan fingerprint density at radius 1 is 1.21 bits per heavy atom. The Hall–Kier alpha value is -3.11. The van der Waals surface area contributed by atoms with Gasteiger partial charge in [0, 0.05) is 37.0 Å². The lowest BCUT2D eigenvalue weighted by Crippen LogP contribution is -2.28. The molecule has 0 saturated carbocycles. The van der Waals surface area contributed by atoms with Gasteiger partial charge in [0.1, 0.15) is 17.5 Å². The highest BCUT2D eigenvalue weighted by Gasteiger charge is 2.16. The third kappa shape index (κ3) is 5.69. The summed E-state index contributed by atoms with van der Waals surface area (Å²) >= 11 is 1.37. The van der Waals surface area contributed by atoms with Crippen LogP contribution in [0.4, 0.5) is 25.4 Å². The SMILES string of the molecule is COCCNC(=O)c1cc(NCc2cnc(Nc3ccccn3)s2)c(F)cc1F. The Morgan fingerprint density at radius 2 is 2.07 bits per heavy atom. The Labute approximate surface area is 170 Å². The Morgan fingerprint density at radius 3 is 2.83 bits per heavy atom. The van der Waals surface area contributed by atoms with E-state index in [1.54, 1.807) is 12.4 Å². The number of ether oxygens (including phenoxy) is 1. The topological polar surface area (TPSA) is 88.2 Å². The van der Waals surface area contributed by atoms with Crippen molar-refractivity contribution in [2.24, 2.45) is 0 Å². The van der Waals surface area contributed by atoms with Gasteiger partial charge in [0.2, 0.25) is 0 Å². The number of nitrogens with zero attached hydrogens (tertiary/aromatic N) is 2. The van der Waals surface area contributed by atoms with Crippen LogP contribution in [0.2, 0.25) is 0 Å². The maximum atomic E-state index is 14.1. The van der Waals surface area contributed by atoms with Crippen molar-refractivity contribution >= 4 is 33.9 Å². The summed E-state index contributed by atoms with van der Waals surface area (Å²) in [4.78, 5) is 21.3. The molecule has 1 amide bonds. The van der Waals surface area contributed by atoms with Gasteiger partial charge in [-0.1, -0.05) is 17.4 Å². The van der Waals surface area contributed by atoms with Crippen LogP contribution in [0.15, 0.2) is 42.7 Å². The lowest BCUT2D eigenvalue weighted by atomic mass is 10.1. The summed E-state index contributed by atoms with van der Waals surface area (Å²) < 4.78 is 32.9. The first kappa shape index (κ1) is 20.6. The van der Waals surface area contributed by atoms with Crippen molar-refractivity contribution in [1.82, 2.24) is 15.3 Å². The van der Waals surface area contributed by atoms with Gasteiger partial charge in [-0.05, 0) is 18.2 Å². The molecule has 0 unspecified atom stereocenters. The average molecular weight is 419 g/mol. The van der Waals surface area contributed by atoms with Crippen LogP contribution in [0, 0.1) is 11.6 Å². The number of anilines is 3. The standard InChI is InChI=1S/C19H19F2N5O2S/c1-28-7-6-23-18(27)13-8-16(15(21)9-14(13)20)24-10-12-11-25-19(29-12)26-17-4-2-3-5-22-17/h2-5,8-9,11,24H,6-7,10H2,1H3,(H,23,27)(H,22,25,26). The van der Waals surface area contributed by atoms with E-state index in [1.165, 1.54) is 18.4 Å². The summed E-state index contributed by atoms with van der Waals surface area (Å²) in [6.45, 7) is 0.774. The molecule has 0 bridgehead atoms. The van der Waals surface area contributed by atoms with Crippen LogP contribution in [-0.2, 0) is 11.3 Å². The molecule has 29 heavy (non-hydrogen) atoms. The second-order valence-corrected chi connectivity index (χ2v) is 7.00. The van der Waals surface area contributed by atoms with Crippen LogP contribution >= 0.6 is 11.3 Å². The number of benzene rings is 1. The summed E-state index contributed by atoms with van der Waals surface area (Å²) in [6, 6.07) is 7.32. The highest BCUT2D eigenvalue weighted by Crippen LogP contribution is 2.24. The first-order valence-corrected chi connectivity index (χ1v) is 9.51. The van der Waals surface area contributed by atoms with E-state index in [1.807, 2.05) is 18.2 Å². The number of hydrogen-bond acceptors (Lipinski definition) is 7. The number of pyridine rings is 1. The number of rotatable bonds is 9. The molecule has 152 valence electrons. The number of nitrogens with one attached hydrogen (secondary N) is 3. The normalized spacial score (nSPS) is 10.6. The minimum Gasteiger partial charge on any atom is -0.383 e. The number of methoxy groups -OCH3 is 1. The van der Waals surface area contributed by atoms with Crippen molar-refractivity contribution in [2.75, 3.05) is 30.9 Å². The minimum absolute atomic E-state index is 0.0240. The fraction of sp³-hybridized carbons (Fsp3) is 0.211. The van der Waals surface area contributed by atoms with E-state index < -0.39 is 17.5 Å². The zero-order valence-corrected chi connectivity index (χ0v) is 16.4. The summed E-state index contributed by atoms with van der Waals surface area (Å²) in [5.74, 6) is -1.69. The monoisotopic (exact) mass is 419 g/mol. The van der Waals surface area contributed by atoms with Crippen LogP contribution < -0.4 is 16.0 Å². The lowest BCUT2D eigenvalue weighted by Gasteiger charge is -2.10. The van der Waals surface area contributed by atoms with E-state index >= 15 is 0 Å². The van der Waals surface area contributed by atoms with Gasteiger partial charge in [0.15, 0.2) is 5.13 Å². The quantitative estimate of drug-likeness (QED) is 0.460. The maximum Gasteiger partial charge on any atom is 0.254 e. The molecule has 3 N–H and O–H groups in total. The zero-order chi connectivity index (χ0) is 20.6. The van der Waals surface area contributed by atoms with Crippen molar-refractivity contribution in [2.45, 2.75) is 6.54 Å². The highest BCUT2D eigenvalue weighted by atomic mass is 32.1. The Bertz CT molecular complexity index is 968. The van der Waals surface area contributed by atoms with Crippen molar-refractivity contribution in [3.63, 3.8) is 0 Å². The molecule has 0 fully saturated rings. The maximum absolute atomic E-state index is 14.1. The predicted octanol–water partition coefficient (Wildman–Crippen LogP) is 3.55. The van der Waals surface area contributed by atoms with Gasteiger partial charge >= 0.3 is 0 Å². The molecule has 2 aromatic heterocycles. The van der Waals surface area contributed by atoms with E-state index in [0.29, 0.717) is 23.6 Å². The van der Waals surface area contributed by atoms with Crippen LogP contribution in [0.1, 0.15) is 15.2 Å². The third-order valence-electron chi connectivity index (χ3n) is 3.80. The molecule has 0 saturated heterocycles. The molecule has 0 atom stereocenters. The van der Waals surface area contributed by atoms with Gasteiger partial charge in [0.25, 0.3) is 5.91 Å².